The Kier molecular flexibility index (Phi) is 4.59. The summed E-state index contributed by atoms with van der Waals surface area (Å²) in [6, 6.07) is 1.12. The Bertz CT molecular complexity index is 577. The Morgan fingerprint density at radius 2 is 2.05 bits per heavy atom. The second-order valence-electron chi connectivity index (χ2n) is 3.65. The molecular formula is C9H10F3NO4S2. The van der Waals surface area contributed by atoms with Gasteiger partial charge in [0.15, 0.2) is 0 Å². The van der Waals surface area contributed by atoms with E-state index in [0.29, 0.717) is 11.3 Å². The van der Waals surface area contributed by atoms with E-state index in [-0.39, 0.29) is 14.6 Å². The molecule has 0 saturated carbocycles. The van der Waals surface area contributed by atoms with Gasteiger partial charge in [-0.2, -0.15) is 13.2 Å². The zero-order valence-corrected chi connectivity index (χ0v) is 11.2. The standard InChI is InChI=1S/C9H10F3NO4S2/c1-5-4-6(18-7(5)8(14)15)19(16,17)13-3-2-9(10,11)12/h4,13H,2-3H2,1H3,(H,14,15). The molecule has 0 aliphatic carbocycles. The molecule has 1 aromatic heterocycles. The van der Waals surface area contributed by atoms with Gasteiger partial charge in [0.2, 0.25) is 10.0 Å². The van der Waals surface area contributed by atoms with Crippen molar-refractivity contribution in [3.05, 3.63) is 16.5 Å². The van der Waals surface area contributed by atoms with Crippen molar-refractivity contribution in [1.82, 2.24) is 4.72 Å². The van der Waals surface area contributed by atoms with Crippen LogP contribution >= 0.6 is 11.3 Å². The first-order chi connectivity index (χ1) is 8.53. The van der Waals surface area contributed by atoms with Crippen LogP contribution in [0, 0.1) is 6.92 Å². The van der Waals surface area contributed by atoms with Gasteiger partial charge in [-0.15, -0.1) is 11.3 Å². The van der Waals surface area contributed by atoms with E-state index < -0.39 is 35.1 Å². The van der Waals surface area contributed by atoms with Gasteiger partial charge < -0.3 is 5.11 Å². The fraction of sp³-hybridized carbons (Fsp3) is 0.444. The number of carbonyl (C=O) groups is 1. The van der Waals surface area contributed by atoms with Crippen LogP contribution < -0.4 is 4.72 Å². The lowest BCUT2D eigenvalue weighted by Crippen LogP contribution is -2.27. The topological polar surface area (TPSA) is 83.5 Å². The fourth-order valence-electron chi connectivity index (χ4n) is 1.20. The molecule has 10 heteroatoms. The zero-order valence-electron chi connectivity index (χ0n) is 9.61. The van der Waals surface area contributed by atoms with E-state index in [1.165, 1.54) is 6.92 Å². The average molecular weight is 317 g/mol. The average Bonchev–Trinajstić information content (AvgIpc) is 2.58. The summed E-state index contributed by atoms with van der Waals surface area (Å²) in [5, 5.41) is 8.77. The highest BCUT2D eigenvalue weighted by molar-refractivity contribution is 7.91. The van der Waals surface area contributed by atoms with Crippen LogP contribution in [0.1, 0.15) is 21.7 Å². The Hall–Kier alpha value is -1.13. The number of halogens is 3. The molecule has 0 aliphatic rings. The second kappa shape index (κ2) is 5.47. The van der Waals surface area contributed by atoms with Crippen LogP contribution in [0.3, 0.4) is 0 Å². The molecule has 2 N–H and O–H groups in total. The molecule has 0 atom stereocenters. The van der Waals surface area contributed by atoms with Gasteiger partial charge in [0.25, 0.3) is 0 Å². The van der Waals surface area contributed by atoms with Gasteiger partial charge in [0, 0.05) is 6.54 Å². The van der Waals surface area contributed by atoms with E-state index in [9.17, 15) is 26.4 Å². The second-order valence-corrected chi connectivity index (χ2v) is 6.69. The Morgan fingerprint density at radius 1 is 1.47 bits per heavy atom. The highest BCUT2D eigenvalue weighted by Crippen LogP contribution is 2.26. The smallest absolute Gasteiger partial charge is 0.390 e. The number of aryl methyl sites for hydroxylation is 1. The van der Waals surface area contributed by atoms with Crippen molar-refractivity contribution in [2.75, 3.05) is 6.54 Å². The lowest BCUT2D eigenvalue weighted by molar-refractivity contribution is -0.132. The molecular weight excluding hydrogens is 307 g/mol. The third kappa shape index (κ3) is 4.48. The van der Waals surface area contributed by atoms with Gasteiger partial charge in [-0.1, -0.05) is 0 Å². The van der Waals surface area contributed by atoms with E-state index in [4.69, 9.17) is 5.11 Å². The van der Waals surface area contributed by atoms with Gasteiger partial charge in [0.05, 0.1) is 6.42 Å². The Morgan fingerprint density at radius 3 is 2.47 bits per heavy atom. The monoisotopic (exact) mass is 317 g/mol. The summed E-state index contributed by atoms with van der Waals surface area (Å²) in [6.45, 7) is 0.625. The van der Waals surface area contributed by atoms with E-state index in [1.807, 2.05) is 0 Å². The van der Waals surface area contributed by atoms with Crippen molar-refractivity contribution in [1.29, 1.82) is 0 Å². The summed E-state index contributed by atoms with van der Waals surface area (Å²) in [5.74, 6) is -1.28. The van der Waals surface area contributed by atoms with Gasteiger partial charge in [-0.25, -0.2) is 17.9 Å². The summed E-state index contributed by atoms with van der Waals surface area (Å²) < 4.78 is 60.4. The lowest BCUT2D eigenvalue weighted by atomic mass is 10.3. The number of nitrogens with one attached hydrogen (secondary N) is 1. The predicted octanol–water partition coefficient (Wildman–Crippen LogP) is 1.99. The molecule has 0 unspecified atom stereocenters. The van der Waals surface area contributed by atoms with Crippen LogP contribution in [0.25, 0.3) is 0 Å². The lowest BCUT2D eigenvalue weighted by Gasteiger charge is -2.07. The van der Waals surface area contributed by atoms with Crippen molar-refractivity contribution in [3.8, 4) is 0 Å². The summed E-state index contributed by atoms with van der Waals surface area (Å²) in [7, 11) is -4.11. The first kappa shape index (κ1) is 15.9. The summed E-state index contributed by atoms with van der Waals surface area (Å²) in [4.78, 5) is 10.6. The molecule has 108 valence electrons. The molecule has 5 nitrogen and oxygen atoms in total. The number of carboxylic acids is 1. The molecule has 1 heterocycles. The number of hydrogen-bond donors (Lipinski definition) is 2. The van der Waals surface area contributed by atoms with Crippen LogP contribution in [0.4, 0.5) is 13.2 Å². The third-order valence-corrected chi connectivity index (χ3v) is 5.21. The van der Waals surface area contributed by atoms with Gasteiger partial charge in [0.1, 0.15) is 9.09 Å². The summed E-state index contributed by atoms with van der Waals surface area (Å²) >= 11 is 0.501. The molecule has 0 bridgehead atoms. The molecule has 0 aliphatic heterocycles. The minimum absolute atomic E-state index is 0.156. The predicted molar refractivity (Wildman–Crippen MR) is 61.9 cm³/mol. The highest BCUT2D eigenvalue weighted by atomic mass is 32.2. The summed E-state index contributed by atoms with van der Waals surface area (Å²) in [6.07, 6.45) is -5.75. The fourth-order valence-corrected chi connectivity index (χ4v) is 3.65. The first-order valence-electron chi connectivity index (χ1n) is 4.93. The minimum atomic E-state index is -4.46. The van der Waals surface area contributed by atoms with Crippen LogP contribution in [0.5, 0.6) is 0 Å². The van der Waals surface area contributed by atoms with Crippen molar-refractivity contribution in [2.45, 2.75) is 23.7 Å². The molecule has 0 radical (unpaired) electrons. The first-order valence-corrected chi connectivity index (χ1v) is 7.23. The van der Waals surface area contributed by atoms with Gasteiger partial charge in [-0.3, -0.25) is 0 Å². The van der Waals surface area contributed by atoms with Gasteiger partial charge >= 0.3 is 12.1 Å². The van der Waals surface area contributed by atoms with Crippen molar-refractivity contribution in [3.63, 3.8) is 0 Å². The number of thiophene rings is 1. The van der Waals surface area contributed by atoms with Crippen molar-refractivity contribution < 1.29 is 31.5 Å². The van der Waals surface area contributed by atoms with Crippen molar-refractivity contribution >= 4 is 27.3 Å². The molecule has 0 aromatic carbocycles. The number of aromatic carboxylic acids is 1. The number of rotatable bonds is 5. The van der Waals surface area contributed by atoms with E-state index >= 15 is 0 Å². The molecule has 1 rings (SSSR count). The number of alkyl halides is 3. The quantitative estimate of drug-likeness (QED) is 0.870. The van der Waals surface area contributed by atoms with Gasteiger partial charge in [-0.05, 0) is 18.6 Å². The molecule has 0 saturated heterocycles. The van der Waals surface area contributed by atoms with E-state index in [0.717, 1.165) is 6.07 Å². The normalized spacial score (nSPS) is 12.6. The van der Waals surface area contributed by atoms with Crippen LogP contribution in [-0.2, 0) is 10.0 Å². The molecule has 19 heavy (non-hydrogen) atoms. The molecule has 0 spiro atoms. The van der Waals surface area contributed by atoms with Crippen molar-refractivity contribution in [2.24, 2.45) is 0 Å². The zero-order chi connectivity index (χ0) is 14.8. The number of hydrogen-bond acceptors (Lipinski definition) is 4. The van der Waals surface area contributed by atoms with Crippen LogP contribution in [0.2, 0.25) is 0 Å². The molecule has 0 amide bonds. The summed E-state index contributed by atoms with van der Waals surface area (Å²) in [5.41, 5.74) is 0.244. The van der Waals surface area contributed by atoms with Crippen LogP contribution in [0.15, 0.2) is 10.3 Å². The maximum Gasteiger partial charge on any atom is 0.390 e. The molecule has 1 aromatic rings. The largest absolute Gasteiger partial charge is 0.477 e. The highest BCUT2D eigenvalue weighted by Gasteiger charge is 2.28. The SMILES string of the molecule is Cc1cc(S(=O)(=O)NCCC(F)(F)F)sc1C(=O)O. The van der Waals surface area contributed by atoms with E-state index in [1.54, 1.807) is 4.72 Å². The maximum absolute atomic E-state index is 11.9. The van der Waals surface area contributed by atoms with E-state index in [2.05, 4.69) is 0 Å². The maximum atomic E-state index is 11.9. The number of sulfonamides is 1. The minimum Gasteiger partial charge on any atom is -0.477 e. The molecule has 0 fully saturated rings. The van der Waals surface area contributed by atoms with Crippen LogP contribution in [-0.4, -0.2) is 32.2 Å². The Labute approximate surface area is 111 Å². The third-order valence-electron chi connectivity index (χ3n) is 2.05. The Balaban J connectivity index is 2.84. The number of carboxylic acid groups (broad SMARTS) is 1.